The van der Waals surface area contributed by atoms with Crippen molar-refractivity contribution in [2.75, 3.05) is 31.2 Å². The van der Waals surface area contributed by atoms with Gasteiger partial charge in [0.2, 0.25) is 5.95 Å². The summed E-state index contributed by atoms with van der Waals surface area (Å²) < 4.78 is 18.7. The highest BCUT2D eigenvalue weighted by molar-refractivity contribution is 5.74. The average Bonchev–Trinajstić information content (AvgIpc) is 3.22. The van der Waals surface area contributed by atoms with Gasteiger partial charge in [-0.3, -0.25) is 0 Å². The first-order chi connectivity index (χ1) is 14.2. The molecule has 2 saturated heterocycles. The number of ether oxygens (including phenoxy) is 1. The van der Waals surface area contributed by atoms with E-state index < -0.39 is 0 Å². The lowest BCUT2D eigenvalue weighted by Gasteiger charge is -2.23. The summed E-state index contributed by atoms with van der Waals surface area (Å²) in [5.41, 5.74) is 1.80. The summed E-state index contributed by atoms with van der Waals surface area (Å²) in [5.74, 6) is 0.841. The number of amides is 2. The Bertz CT molecular complexity index is 843. The first-order valence-corrected chi connectivity index (χ1v) is 10.1. The normalized spacial score (nSPS) is 19.9. The number of urea groups is 1. The van der Waals surface area contributed by atoms with E-state index in [0.29, 0.717) is 12.5 Å². The molecule has 2 fully saturated rings. The molecule has 1 aromatic heterocycles. The Labute approximate surface area is 169 Å². The minimum Gasteiger partial charge on any atom is -0.381 e. The Morgan fingerprint density at radius 1 is 1.24 bits per heavy atom. The lowest BCUT2D eigenvalue weighted by molar-refractivity contribution is 0.0845. The Morgan fingerprint density at radius 3 is 2.93 bits per heavy atom. The van der Waals surface area contributed by atoms with Crippen LogP contribution in [0.15, 0.2) is 36.5 Å². The molecule has 0 saturated carbocycles. The molecule has 8 heteroatoms. The number of benzene rings is 1. The van der Waals surface area contributed by atoms with Crippen LogP contribution in [-0.4, -0.2) is 48.3 Å². The van der Waals surface area contributed by atoms with Crippen molar-refractivity contribution in [1.29, 1.82) is 0 Å². The van der Waals surface area contributed by atoms with Crippen molar-refractivity contribution in [3.05, 3.63) is 53.6 Å². The number of carbonyl (C=O) groups is 1. The van der Waals surface area contributed by atoms with Crippen LogP contribution in [0.25, 0.3) is 0 Å². The van der Waals surface area contributed by atoms with Gasteiger partial charge < -0.3 is 20.3 Å². The lowest BCUT2D eigenvalue weighted by Crippen LogP contribution is -2.43. The van der Waals surface area contributed by atoms with Gasteiger partial charge >= 0.3 is 6.03 Å². The van der Waals surface area contributed by atoms with Crippen LogP contribution in [0.3, 0.4) is 0 Å². The highest BCUT2D eigenvalue weighted by Gasteiger charge is 2.26. The maximum atomic E-state index is 13.2. The van der Waals surface area contributed by atoms with Crippen LogP contribution in [0.4, 0.5) is 15.1 Å². The minimum absolute atomic E-state index is 0.0258. The van der Waals surface area contributed by atoms with Gasteiger partial charge in [0.1, 0.15) is 5.82 Å². The molecule has 2 aliphatic rings. The molecule has 0 radical (unpaired) electrons. The predicted octanol–water partition coefficient (Wildman–Crippen LogP) is 2.59. The topological polar surface area (TPSA) is 79.4 Å². The van der Waals surface area contributed by atoms with Gasteiger partial charge in [-0.2, -0.15) is 0 Å². The Balaban J connectivity index is 1.28. The van der Waals surface area contributed by atoms with Crippen LogP contribution in [0.2, 0.25) is 0 Å². The molecule has 2 aliphatic heterocycles. The number of anilines is 1. The molecule has 2 aromatic rings. The standard InChI is InChI=1S/C21H26FN5O2/c22-17-3-1-2-15(12-17)13-24-21(28)25-18-5-9-27(14-18)20-23-8-4-19(26-20)16-6-10-29-11-7-16/h1-4,8,12,16,18H,5-7,9-11,13-14H2,(H2,24,25,28). The van der Waals surface area contributed by atoms with Gasteiger partial charge in [-0.15, -0.1) is 0 Å². The minimum atomic E-state index is -0.306. The first kappa shape index (κ1) is 19.6. The second-order valence-electron chi connectivity index (χ2n) is 7.56. The maximum Gasteiger partial charge on any atom is 0.315 e. The van der Waals surface area contributed by atoms with Crippen LogP contribution in [0.1, 0.15) is 36.4 Å². The monoisotopic (exact) mass is 399 g/mol. The number of hydrogen-bond acceptors (Lipinski definition) is 5. The summed E-state index contributed by atoms with van der Waals surface area (Å²) in [6, 6.07) is 7.98. The molecule has 0 bridgehead atoms. The van der Waals surface area contributed by atoms with Gasteiger partial charge in [-0.05, 0) is 43.0 Å². The van der Waals surface area contributed by atoms with Crippen molar-refractivity contribution in [2.24, 2.45) is 0 Å². The number of nitrogens with zero attached hydrogens (tertiary/aromatic N) is 3. The number of aromatic nitrogens is 2. The fraction of sp³-hybridized carbons (Fsp3) is 0.476. The third-order valence-corrected chi connectivity index (χ3v) is 5.45. The van der Waals surface area contributed by atoms with Gasteiger partial charge in [0, 0.05) is 56.7 Å². The van der Waals surface area contributed by atoms with Crippen molar-refractivity contribution in [3.8, 4) is 0 Å². The second kappa shape index (κ2) is 9.17. The largest absolute Gasteiger partial charge is 0.381 e. The first-order valence-electron chi connectivity index (χ1n) is 10.1. The van der Waals surface area contributed by atoms with E-state index in [0.717, 1.165) is 56.2 Å². The molecule has 2 N–H and O–H groups in total. The number of nitrogens with one attached hydrogen (secondary N) is 2. The molecule has 0 aliphatic carbocycles. The molecular weight excluding hydrogens is 373 g/mol. The summed E-state index contributed by atoms with van der Waals surface area (Å²) in [7, 11) is 0. The molecule has 7 nitrogen and oxygen atoms in total. The second-order valence-corrected chi connectivity index (χ2v) is 7.56. The van der Waals surface area contributed by atoms with Crippen LogP contribution >= 0.6 is 0 Å². The van der Waals surface area contributed by atoms with E-state index in [1.807, 2.05) is 12.3 Å². The molecule has 3 heterocycles. The third-order valence-electron chi connectivity index (χ3n) is 5.45. The summed E-state index contributed by atoms with van der Waals surface area (Å²) in [4.78, 5) is 23.5. The Hall–Kier alpha value is -2.74. The molecule has 1 aromatic carbocycles. The van der Waals surface area contributed by atoms with E-state index >= 15 is 0 Å². The quantitative estimate of drug-likeness (QED) is 0.808. The van der Waals surface area contributed by atoms with E-state index in [1.54, 1.807) is 12.1 Å². The number of hydrogen-bond donors (Lipinski definition) is 2. The molecule has 154 valence electrons. The molecule has 1 unspecified atom stereocenters. The summed E-state index contributed by atoms with van der Waals surface area (Å²) in [5, 5.41) is 5.77. The van der Waals surface area contributed by atoms with Crippen molar-refractivity contribution in [3.63, 3.8) is 0 Å². The molecule has 29 heavy (non-hydrogen) atoms. The fourth-order valence-corrected chi connectivity index (χ4v) is 3.86. The summed E-state index contributed by atoms with van der Waals surface area (Å²) in [6.45, 7) is 3.32. The van der Waals surface area contributed by atoms with Gasteiger partial charge in [0.15, 0.2) is 0 Å². The van der Waals surface area contributed by atoms with Crippen molar-refractivity contribution in [1.82, 2.24) is 20.6 Å². The van der Waals surface area contributed by atoms with Crippen LogP contribution in [0, 0.1) is 5.82 Å². The van der Waals surface area contributed by atoms with Gasteiger partial charge in [-0.1, -0.05) is 12.1 Å². The molecule has 0 spiro atoms. The van der Waals surface area contributed by atoms with E-state index in [9.17, 15) is 9.18 Å². The summed E-state index contributed by atoms with van der Waals surface area (Å²) in [6.07, 6.45) is 4.63. The third kappa shape index (κ3) is 5.20. The van der Waals surface area contributed by atoms with Crippen LogP contribution < -0.4 is 15.5 Å². The van der Waals surface area contributed by atoms with Crippen molar-refractivity contribution < 1.29 is 13.9 Å². The predicted molar refractivity (Wildman–Crippen MR) is 107 cm³/mol. The average molecular weight is 399 g/mol. The lowest BCUT2D eigenvalue weighted by atomic mass is 9.96. The van der Waals surface area contributed by atoms with E-state index in [1.165, 1.54) is 12.1 Å². The van der Waals surface area contributed by atoms with Crippen LogP contribution in [-0.2, 0) is 11.3 Å². The maximum absolute atomic E-state index is 13.2. The number of rotatable bonds is 5. The van der Waals surface area contributed by atoms with E-state index in [4.69, 9.17) is 9.72 Å². The molecular formula is C21H26FN5O2. The molecule has 2 amide bonds. The van der Waals surface area contributed by atoms with E-state index in [-0.39, 0.29) is 24.4 Å². The van der Waals surface area contributed by atoms with Gasteiger partial charge in [0.05, 0.1) is 0 Å². The smallest absolute Gasteiger partial charge is 0.315 e. The zero-order valence-corrected chi connectivity index (χ0v) is 16.3. The van der Waals surface area contributed by atoms with Crippen molar-refractivity contribution in [2.45, 2.75) is 37.8 Å². The van der Waals surface area contributed by atoms with Gasteiger partial charge in [-0.25, -0.2) is 19.2 Å². The molecule has 1 atom stereocenters. The van der Waals surface area contributed by atoms with Crippen LogP contribution in [0.5, 0.6) is 0 Å². The Kier molecular flexibility index (Phi) is 6.19. The summed E-state index contributed by atoms with van der Waals surface area (Å²) >= 11 is 0. The highest BCUT2D eigenvalue weighted by atomic mass is 19.1. The van der Waals surface area contributed by atoms with Crippen molar-refractivity contribution >= 4 is 12.0 Å². The number of carbonyl (C=O) groups excluding carboxylic acids is 1. The van der Waals surface area contributed by atoms with E-state index in [2.05, 4.69) is 20.5 Å². The zero-order chi connectivity index (χ0) is 20.1. The SMILES string of the molecule is O=C(NCc1cccc(F)c1)NC1CCN(c2nccc(C3CCOCC3)n2)C1. The van der Waals surface area contributed by atoms with Gasteiger partial charge in [0.25, 0.3) is 0 Å². The fourth-order valence-electron chi connectivity index (χ4n) is 3.86. The number of halogens is 1. The highest BCUT2D eigenvalue weighted by Crippen LogP contribution is 2.26. The molecule has 4 rings (SSSR count). The Morgan fingerprint density at radius 2 is 2.10 bits per heavy atom. The zero-order valence-electron chi connectivity index (χ0n) is 16.3.